The van der Waals surface area contributed by atoms with Crippen LogP contribution in [0.15, 0.2) is 24.3 Å². The number of halogens is 1. The van der Waals surface area contributed by atoms with E-state index in [9.17, 15) is 0 Å². The van der Waals surface area contributed by atoms with E-state index in [-0.39, 0.29) is 0 Å². The second kappa shape index (κ2) is 4.69. The van der Waals surface area contributed by atoms with Crippen LogP contribution in [0.4, 0.5) is 0 Å². The summed E-state index contributed by atoms with van der Waals surface area (Å²) in [6.07, 6.45) is 0. The maximum atomic E-state index is 5.91. The van der Waals surface area contributed by atoms with E-state index < -0.39 is 0 Å². The molecule has 0 aliphatic rings. The molecule has 62 valence electrons. The third-order valence-corrected chi connectivity index (χ3v) is 1.82. The molecule has 0 amide bonds. The highest BCUT2D eigenvalue weighted by atomic mass is 35.5. The molecule has 1 aromatic rings. The van der Waals surface area contributed by atoms with Gasteiger partial charge < -0.3 is 5.32 Å². The van der Waals surface area contributed by atoms with E-state index in [1.54, 1.807) is 6.92 Å². The quantitative estimate of drug-likeness (QED) is 0.543. The molecule has 0 radical (unpaired) electrons. The van der Waals surface area contributed by atoms with Gasteiger partial charge in [0.05, 0.1) is 0 Å². The summed E-state index contributed by atoms with van der Waals surface area (Å²) in [6.45, 7) is 2.49. The summed E-state index contributed by atoms with van der Waals surface area (Å²) in [5, 5.41) is 3.73. The monoisotopic (exact) mass is 179 g/mol. The minimum Gasteiger partial charge on any atom is -0.341 e. The Morgan fingerprint density at radius 1 is 1.42 bits per heavy atom. The van der Waals surface area contributed by atoms with Crippen LogP contribution in [-0.2, 0) is 6.54 Å². The average Bonchev–Trinajstić information content (AvgIpc) is 2.09. The standard InChI is InChI=1S/C10H10ClN/c1-2-7-12-8-9-5-3-4-6-10(9)11/h3-6,12H,8H2,1H3. The number of hydrogen-bond acceptors (Lipinski definition) is 1. The molecular formula is C10H10ClN. The van der Waals surface area contributed by atoms with E-state index >= 15 is 0 Å². The first kappa shape index (κ1) is 8.96. The van der Waals surface area contributed by atoms with E-state index in [0.717, 1.165) is 10.6 Å². The summed E-state index contributed by atoms with van der Waals surface area (Å²) in [5.74, 6) is 2.75. The minimum absolute atomic E-state index is 0.695. The highest BCUT2D eigenvalue weighted by molar-refractivity contribution is 6.31. The van der Waals surface area contributed by atoms with Gasteiger partial charge >= 0.3 is 0 Å². The topological polar surface area (TPSA) is 12.0 Å². The largest absolute Gasteiger partial charge is 0.341 e. The van der Waals surface area contributed by atoms with Crippen molar-refractivity contribution < 1.29 is 0 Å². The lowest BCUT2D eigenvalue weighted by atomic mass is 10.2. The molecule has 1 N–H and O–H groups in total. The molecule has 0 atom stereocenters. The highest BCUT2D eigenvalue weighted by Gasteiger charge is 1.95. The molecular weight excluding hydrogens is 170 g/mol. The Morgan fingerprint density at radius 3 is 2.83 bits per heavy atom. The van der Waals surface area contributed by atoms with Crippen molar-refractivity contribution in [2.45, 2.75) is 13.5 Å². The van der Waals surface area contributed by atoms with Crippen LogP contribution in [0.5, 0.6) is 0 Å². The van der Waals surface area contributed by atoms with Gasteiger partial charge in [0.1, 0.15) is 0 Å². The summed E-state index contributed by atoms with van der Waals surface area (Å²) in [7, 11) is 0. The van der Waals surface area contributed by atoms with Crippen LogP contribution < -0.4 is 5.32 Å². The van der Waals surface area contributed by atoms with Crippen molar-refractivity contribution in [2.75, 3.05) is 0 Å². The van der Waals surface area contributed by atoms with Crippen molar-refractivity contribution in [1.29, 1.82) is 0 Å². The molecule has 0 spiro atoms. The Balaban J connectivity index is 2.61. The molecule has 0 aliphatic carbocycles. The van der Waals surface area contributed by atoms with Crippen LogP contribution in [-0.4, -0.2) is 0 Å². The van der Waals surface area contributed by atoms with Crippen molar-refractivity contribution in [2.24, 2.45) is 0 Å². The van der Waals surface area contributed by atoms with E-state index in [4.69, 9.17) is 11.6 Å². The third-order valence-electron chi connectivity index (χ3n) is 1.45. The van der Waals surface area contributed by atoms with Crippen LogP contribution in [0, 0.1) is 12.0 Å². The number of benzene rings is 1. The first-order valence-corrected chi connectivity index (χ1v) is 4.10. The fourth-order valence-electron chi connectivity index (χ4n) is 0.870. The lowest BCUT2D eigenvalue weighted by Crippen LogP contribution is -2.04. The van der Waals surface area contributed by atoms with Gasteiger partial charge in [-0.05, 0) is 18.6 Å². The van der Waals surface area contributed by atoms with Gasteiger partial charge in [-0.25, -0.2) is 0 Å². The summed E-state index contributed by atoms with van der Waals surface area (Å²) in [4.78, 5) is 0. The molecule has 1 nitrogen and oxygen atoms in total. The molecule has 1 aromatic carbocycles. The maximum absolute atomic E-state index is 5.91. The zero-order chi connectivity index (χ0) is 8.81. The molecule has 0 saturated heterocycles. The molecule has 0 saturated carbocycles. The van der Waals surface area contributed by atoms with Gasteiger partial charge in [-0.1, -0.05) is 35.7 Å². The van der Waals surface area contributed by atoms with Gasteiger partial charge in [-0.3, -0.25) is 0 Å². The Kier molecular flexibility index (Phi) is 3.50. The fourth-order valence-corrected chi connectivity index (χ4v) is 1.07. The van der Waals surface area contributed by atoms with Gasteiger partial charge in [0.15, 0.2) is 0 Å². The van der Waals surface area contributed by atoms with Crippen molar-refractivity contribution in [3.63, 3.8) is 0 Å². The number of nitrogens with one attached hydrogen (secondary N) is 1. The van der Waals surface area contributed by atoms with Crippen molar-refractivity contribution >= 4 is 11.6 Å². The predicted octanol–water partition coefficient (Wildman–Crippen LogP) is 2.41. The van der Waals surface area contributed by atoms with Crippen LogP contribution in [0.2, 0.25) is 5.02 Å². The van der Waals surface area contributed by atoms with E-state index in [2.05, 4.69) is 17.3 Å². The maximum Gasteiger partial charge on any atom is 0.0495 e. The average molecular weight is 180 g/mol. The van der Waals surface area contributed by atoms with Gasteiger partial charge in [0.2, 0.25) is 0 Å². The van der Waals surface area contributed by atoms with Crippen LogP contribution in [0.1, 0.15) is 12.5 Å². The van der Waals surface area contributed by atoms with Crippen LogP contribution in [0.25, 0.3) is 0 Å². The van der Waals surface area contributed by atoms with Gasteiger partial charge in [-0.15, -0.1) is 0 Å². The molecule has 2 heteroatoms. The molecule has 12 heavy (non-hydrogen) atoms. The first-order valence-electron chi connectivity index (χ1n) is 3.72. The number of hydrogen-bond donors (Lipinski definition) is 1. The smallest absolute Gasteiger partial charge is 0.0495 e. The van der Waals surface area contributed by atoms with Gasteiger partial charge in [0.25, 0.3) is 0 Å². The zero-order valence-electron chi connectivity index (χ0n) is 6.89. The third kappa shape index (κ3) is 2.48. The minimum atomic E-state index is 0.695. The Labute approximate surface area is 77.7 Å². The molecule has 0 heterocycles. The Morgan fingerprint density at radius 2 is 2.17 bits per heavy atom. The first-order chi connectivity index (χ1) is 5.84. The van der Waals surface area contributed by atoms with E-state index in [0.29, 0.717) is 6.54 Å². The second-order valence-corrected chi connectivity index (χ2v) is 2.73. The summed E-state index contributed by atoms with van der Waals surface area (Å²) >= 11 is 5.91. The van der Waals surface area contributed by atoms with Crippen molar-refractivity contribution in [3.05, 3.63) is 34.9 Å². The summed E-state index contributed by atoms with van der Waals surface area (Å²) in [5.41, 5.74) is 1.07. The summed E-state index contributed by atoms with van der Waals surface area (Å²) < 4.78 is 0. The van der Waals surface area contributed by atoms with Crippen LogP contribution >= 0.6 is 11.6 Å². The van der Waals surface area contributed by atoms with Gasteiger partial charge in [0, 0.05) is 17.6 Å². The van der Waals surface area contributed by atoms with Gasteiger partial charge in [-0.2, -0.15) is 0 Å². The SMILES string of the molecule is CC#CNCc1ccccc1Cl. The van der Waals surface area contributed by atoms with Crippen molar-refractivity contribution in [3.8, 4) is 12.0 Å². The number of rotatable bonds is 2. The van der Waals surface area contributed by atoms with Crippen LogP contribution in [0.3, 0.4) is 0 Å². The second-order valence-electron chi connectivity index (χ2n) is 2.32. The lowest BCUT2D eigenvalue weighted by Gasteiger charge is -2.00. The lowest BCUT2D eigenvalue weighted by molar-refractivity contribution is 0.900. The molecule has 0 fully saturated rings. The molecule has 0 aromatic heterocycles. The van der Waals surface area contributed by atoms with E-state index in [1.165, 1.54) is 0 Å². The highest BCUT2D eigenvalue weighted by Crippen LogP contribution is 2.13. The summed E-state index contributed by atoms with van der Waals surface area (Å²) in [6, 6.07) is 10.5. The zero-order valence-corrected chi connectivity index (χ0v) is 7.65. The molecule has 0 unspecified atom stereocenters. The predicted molar refractivity (Wildman–Crippen MR) is 51.7 cm³/mol. The fraction of sp³-hybridized carbons (Fsp3) is 0.200. The molecule has 0 aliphatic heterocycles. The van der Waals surface area contributed by atoms with E-state index in [1.807, 2.05) is 24.3 Å². The van der Waals surface area contributed by atoms with Crippen molar-refractivity contribution in [1.82, 2.24) is 5.32 Å². The Hall–Kier alpha value is -1.13. The molecule has 0 bridgehead atoms. The Bertz CT molecular complexity index is 309. The normalized spacial score (nSPS) is 8.50. The molecule has 1 rings (SSSR count).